The number of hydrogen-bond donors (Lipinski definition) is 2. The van der Waals surface area contributed by atoms with Crippen LogP contribution in [-0.4, -0.2) is 58.5 Å². The summed E-state index contributed by atoms with van der Waals surface area (Å²) in [5.74, 6) is -1.06. The molecular formula is C23H26ClFN4O4. The lowest BCUT2D eigenvalue weighted by molar-refractivity contribution is -0.143. The SMILES string of the molecule is COC(=O)C(CCOCC(O)CCc1ccc2cccnc2n1)NCc1c(F)cncc1Cl. The van der Waals surface area contributed by atoms with Gasteiger partial charge in [-0.1, -0.05) is 11.6 Å². The number of rotatable bonds is 12. The number of esters is 1. The number of aromatic nitrogens is 3. The summed E-state index contributed by atoms with van der Waals surface area (Å²) < 4.78 is 24.2. The van der Waals surface area contributed by atoms with Gasteiger partial charge in [-0.05, 0) is 43.5 Å². The number of nitrogens with zero attached hydrogens (tertiary/aromatic N) is 3. The summed E-state index contributed by atoms with van der Waals surface area (Å²) in [6.45, 7) is 0.349. The molecule has 2 N–H and O–H groups in total. The van der Waals surface area contributed by atoms with Crippen LogP contribution in [0.2, 0.25) is 5.02 Å². The maximum Gasteiger partial charge on any atom is 0.322 e. The predicted molar refractivity (Wildman–Crippen MR) is 121 cm³/mol. The van der Waals surface area contributed by atoms with Gasteiger partial charge in [-0.15, -0.1) is 0 Å². The number of halogens is 2. The van der Waals surface area contributed by atoms with Gasteiger partial charge < -0.3 is 19.9 Å². The Morgan fingerprint density at radius 3 is 2.91 bits per heavy atom. The molecule has 0 saturated heterocycles. The highest BCUT2D eigenvalue weighted by Gasteiger charge is 2.20. The summed E-state index contributed by atoms with van der Waals surface area (Å²) in [6, 6.07) is 6.96. The number of aliphatic hydroxyl groups is 1. The lowest BCUT2D eigenvalue weighted by atomic mass is 10.1. The molecule has 10 heteroatoms. The summed E-state index contributed by atoms with van der Waals surface area (Å²) >= 11 is 5.97. The molecule has 3 aromatic heterocycles. The highest BCUT2D eigenvalue weighted by Crippen LogP contribution is 2.17. The van der Waals surface area contributed by atoms with E-state index < -0.39 is 23.9 Å². The Labute approximate surface area is 196 Å². The Bertz CT molecular complexity index is 1050. The van der Waals surface area contributed by atoms with Crippen molar-refractivity contribution in [3.8, 4) is 0 Å². The molecule has 0 radical (unpaired) electrons. The quantitative estimate of drug-likeness (QED) is 0.303. The summed E-state index contributed by atoms with van der Waals surface area (Å²) in [4.78, 5) is 24.4. The maximum atomic E-state index is 13.9. The highest BCUT2D eigenvalue weighted by atomic mass is 35.5. The molecule has 0 spiro atoms. The number of carbonyl (C=O) groups is 1. The fourth-order valence-corrected chi connectivity index (χ4v) is 3.44. The largest absolute Gasteiger partial charge is 0.468 e. The molecule has 0 fully saturated rings. The standard InChI is InChI=1S/C23H26ClFN4O4/c1-32-23(31)21(28-11-18-19(24)12-26-13-20(18)25)8-10-33-14-17(30)7-6-16-5-4-15-3-2-9-27-22(15)29-16/h2-5,9,12-13,17,21,28,30H,6-8,10-11,14H2,1H3. The van der Waals surface area contributed by atoms with E-state index in [9.17, 15) is 14.3 Å². The summed E-state index contributed by atoms with van der Waals surface area (Å²) in [5.41, 5.74) is 1.74. The monoisotopic (exact) mass is 476 g/mol. The van der Waals surface area contributed by atoms with Crippen LogP contribution < -0.4 is 5.32 Å². The Morgan fingerprint density at radius 2 is 2.12 bits per heavy atom. The number of methoxy groups -OCH3 is 1. The molecule has 0 aliphatic rings. The molecule has 33 heavy (non-hydrogen) atoms. The molecule has 8 nitrogen and oxygen atoms in total. The fraction of sp³-hybridized carbons (Fsp3) is 0.391. The van der Waals surface area contributed by atoms with Gasteiger partial charge in [-0.2, -0.15) is 0 Å². The zero-order chi connectivity index (χ0) is 23.6. The number of pyridine rings is 3. The van der Waals surface area contributed by atoms with Crippen molar-refractivity contribution < 1.29 is 23.8 Å². The fourth-order valence-electron chi connectivity index (χ4n) is 3.23. The molecule has 3 rings (SSSR count). The molecule has 0 aliphatic carbocycles. The molecule has 176 valence electrons. The average Bonchev–Trinajstić information content (AvgIpc) is 2.83. The van der Waals surface area contributed by atoms with Crippen molar-refractivity contribution in [2.24, 2.45) is 0 Å². The molecule has 0 aliphatic heterocycles. The minimum Gasteiger partial charge on any atom is -0.468 e. The Hall–Kier alpha value is -2.72. The second-order valence-corrected chi connectivity index (χ2v) is 7.85. The Balaban J connectivity index is 1.41. The van der Waals surface area contributed by atoms with Gasteiger partial charge in [0.25, 0.3) is 0 Å². The first kappa shape index (κ1) is 24.9. The molecule has 0 aromatic carbocycles. The van der Waals surface area contributed by atoms with E-state index in [1.807, 2.05) is 24.3 Å². The van der Waals surface area contributed by atoms with Gasteiger partial charge in [0, 0.05) is 42.2 Å². The predicted octanol–water partition coefficient (Wildman–Crippen LogP) is 2.85. The third-order valence-corrected chi connectivity index (χ3v) is 5.41. The molecule has 0 amide bonds. The molecule has 3 aromatic rings. The van der Waals surface area contributed by atoms with E-state index >= 15 is 0 Å². The van der Waals surface area contributed by atoms with Crippen LogP contribution in [0.25, 0.3) is 11.0 Å². The van der Waals surface area contributed by atoms with Crippen molar-refractivity contribution in [1.82, 2.24) is 20.3 Å². The van der Waals surface area contributed by atoms with Gasteiger partial charge in [0.05, 0.1) is 31.0 Å². The van der Waals surface area contributed by atoms with Crippen LogP contribution >= 0.6 is 11.6 Å². The van der Waals surface area contributed by atoms with E-state index in [1.54, 1.807) is 6.20 Å². The minimum absolute atomic E-state index is 0.0309. The maximum absolute atomic E-state index is 13.9. The zero-order valence-electron chi connectivity index (χ0n) is 18.2. The van der Waals surface area contributed by atoms with Gasteiger partial charge in [0.1, 0.15) is 11.9 Å². The average molecular weight is 477 g/mol. The summed E-state index contributed by atoms with van der Waals surface area (Å²) in [6.07, 6.45) is 4.75. The number of aliphatic hydroxyl groups excluding tert-OH is 1. The van der Waals surface area contributed by atoms with E-state index in [0.29, 0.717) is 18.5 Å². The molecule has 3 heterocycles. The third-order valence-electron chi connectivity index (χ3n) is 5.08. The highest BCUT2D eigenvalue weighted by molar-refractivity contribution is 6.31. The lowest BCUT2D eigenvalue weighted by Crippen LogP contribution is -2.38. The molecule has 0 bridgehead atoms. The van der Waals surface area contributed by atoms with Crippen molar-refractivity contribution in [3.63, 3.8) is 0 Å². The van der Waals surface area contributed by atoms with Crippen LogP contribution in [0.1, 0.15) is 24.1 Å². The van der Waals surface area contributed by atoms with Crippen LogP contribution in [0.4, 0.5) is 4.39 Å². The lowest BCUT2D eigenvalue weighted by Gasteiger charge is -2.18. The van der Waals surface area contributed by atoms with Crippen LogP contribution in [0.5, 0.6) is 0 Å². The number of hydrogen-bond acceptors (Lipinski definition) is 8. The van der Waals surface area contributed by atoms with Crippen LogP contribution in [0.3, 0.4) is 0 Å². The number of aryl methyl sites for hydroxylation is 1. The number of fused-ring (bicyclic) bond motifs is 1. The topological polar surface area (TPSA) is 106 Å². The van der Waals surface area contributed by atoms with Crippen molar-refractivity contribution >= 4 is 28.6 Å². The smallest absolute Gasteiger partial charge is 0.322 e. The van der Waals surface area contributed by atoms with Crippen molar-refractivity contribution in [2.45, 2.75) is 38.0 Å². The number of nitrogens with one attached hydrogen (secondary N) is 1. The normalized spacial score (nSPS) is 13.1. The van der Waals surface area contributed by atoms with Crippen LogP contribution in [-0.2, 0) is 27.2 Å². The van der Waals surface area contributed by atoms with Gasteiger partial charge in [0.2, 0.25) is 0 Å². The first-order chi connectivity index (χ1) is 16.0. The second-order valence-electron chi connectivity index (χ2n) is 7.45. The van der Waals surface area contributed by atoms with Crippen molar-refractivity contribution in [1.29, 1.82) is 0 Å². The van der Waals surface area contributed by atoms with E-state index in [4.69, 9.17) is 21.1 Å². The van der Waals surface area contributed by atoms with Gasteiger partial charge in [0.15, 0.2) is 5.65 Å². The van der Waals surface area contributed by atoms with E-state index in [0.717, 1.165) is 17.3 Å². The summed E-state index contributed by atoms with van der Waals surface area (Å²) in [7, 11) is 1.28. The van der Waals surface area contributed by atoms with Crippen molar-refractivity contribution in [2.75, 3.05) is 20.3 Å². The molecule has 2 unspecified atom stereocenters. The van der Waals surface area contributed by atoms with Crippen molar-refractivity contribution in [3.05, 3.63) is 65.0 Å². The first-order valence-corrected chi connectivity index (χ1v) is 10.9. The minimum atomic E-state index is -0.718. The molecular weight excluding hydrogens is 451 g/mol. The molecule has 2 atom stereocenters. The van der Waals surface area contributed by atoms with E-state index in [1.165, 1.54) is 13.3 Å². The summed E-state index contributed by atoms with van der Waals surface area (Å²) in [5, 5.41) is 14.3. The Kier molecular flexibility index (Phi) is 9.44. The first-order valence-electron chi connectivity index (χ1n) is 10.5. The zero-order valence-corrected chi connectivity index (χ0v) is 19.0. The molecule has 0 saturated carbocycles. The number of ether oxygens (including phenoxy) is 2. The van der Waals surface area contributed by atoms with Gasteiger partial charge >= 0.3 is 5.97 Å². The van der Waals surface area contributed by atoms with Crippen LogP contribution in [0, 0.1) is 5.82 Å². The Morgan fingerprint density at radius 1 is 1.27 bits per heavy atom. The third kappa shape index (κ3) is 7.40. The second kappa shape index (κ2) is 12.5. The van der Waals surface area contributed by atoms with E-state index in [-0.39, 0.29) is 36.8 Å². The van der Waals surface area contributed by atoms with E-state index in [2.05, 4.69) is 20.3 Å². The van der Waals surface area contributed by atoms with Crippen LogP contribution in [0.15, 0.2) is 42.9 Å². The van der Waals surface area contributed by atoms with Gasteiger partial charge in [-0.25, -0.2) is 14.4 Å². The van der Waals surface area contributed by atoms with Gasteiger partial charge in [-0.3, -0.25) is 9.78 Å². The number of carbonyl (C=O) groups excluding carboxylic acids is 1.